The minimum atomic E-state index is -0.141. The smallest absolute Gasteiger partial charge is 0.140 e. The molecule has 1 aromatic heterocycles. The molecular weight excluding hydrogens is 280 g/mol. The third-order valence-corrected chi connectivity index (χ3v) is 3.31. The Morgan fingerprint density at radius 3 is 2.35 bits per heavy atom. The van der Waals surface area contributed by atoms with Gasteiger partial charge in [0, 0.05) is 0 Å². The molecule has 17 heavy (non-hydrogen) atoms. The average molecular weight is 295 g/mol. The second-order valence-corrected chi connectivity index (χ2v) is 5.01. The molecule has 0 aliphatic rings. The molecule has 1 aromatic carbocycles. The number of nitrogens with one attached hydrogen (secondary N) is 1. The fourth-order valence-electron chi connectivity index (χ4n) is 2.01. The van der Waals surface area contributed by atoms with Crippen LogP contribution in [0, 0.1) is 13.8 Å². The number of benzene rings is 1. The SMILES string of the molecule is Cc1cc(C)cc(C(NN)c2occc2Br)c1. The summed E-state index contributed by atoms with van der Waals surface area (Å²) in [5.41, 5.74) is 6.31. The van der Waals surface area contributed by atoms with Crippen molar-refractivity contribution in [2.45, 2.75) is 19.9 Å². The van der Waals surface area contributed by atoms with E-state index in [0.29, 0.717) is 0 Å². The molecule has 0 amide bonds. The lowest BCUT2D eigenvalue weighted by atomic mass is 10.0. The lowest BCUT2D eigenvalue weighted by Gasteiger charge is -2.16. The Kier molecular flexibility index (Phi) is 3.66. The number of hydrazine groups is 1. The van der Waals surface area contributed by atoms with Crippen molar-refractivity contribution in [3.63, 3.8) is 0 Å². The molecule has 0 fully saturated rings. The highest BCUT2D eigenvalue weighted by Crippen LogP contribution is 2.29. The van der Waals surface area contributed by atoms with Crippen LogP contribution in [0.4, 0.5) is 0 Å². The minimum absolute atomic E-state index is 0.141. The molecule has 1 heterocycles. The predicted molar refractivity (Wildman–Crippen MR) is 71.5 cm³/mol. The van der Waals surface area contributed by atoms with Crippen molar-refractivity contribution < 1.29 is 4.42 Å². The van der Waals surface area contributed by atoms with Gasteiger partial charge in [-0.1, -0.05) is 29.3 Å². The Balaban J connectivity index is 2.45. The first-order valence-electron chi connectivity index (χ1n) is 5.39. The van der Waals surface area contributed by atoms with E-state index in [1.165, 1.54) is 11.1 Å². The Morgan fingerprint density at radius 1 is 1.24 bits per heavy atom. The largest absolute Gasteiger partial charge is 0.466 e. The van der Waals surface area contributed by atoms with E-state index in [1.807, 2.05) is 6.07 Å². The van der Waals surface area contributed by atoms with Crippen molar-refractivity contribution in [2.24, 2.45) is 5.84 Å². The predicted octanol–water partition coefficient (Wildman–Crippen LogP) is 3.21. The summed E-state index contributed by atoms with van der Waals surface area (Å²) in [5, 5.41) is 0. The molecule has 1 unspecified atom stereocenters. The van der Waals surface area contributed by atoms with E-state index in [1.54, 1.807) is 6.26 Å². The van der Waals surface area contributed by atoms with Crippen LogP contribution >= 0.6 is 15.9 Å². The number of rotatable bonds is 3. The highest BCUT2D eigenvalue weighted by molar-refractivity contribution is 9.10. The summed E-state index contributed by atoms with van der Waals surface area (Å²) in [6, 6.07) is 8.06. The highest BCUT2D eigenvalue weighted by Gasteiger charge is 2.19. The molecule has 0 spiro atoms. The molecule has 0 bridgehead atoms. The van der Waals surface area contributed by atoms with E-state index in [4.69, 9.17) is 10.3 Å². The van der Waals surface area contributed by atoms with Crippen molar-refractivity contribution in [3.05, 3.63) is 57.5 Å². The number of aryl methyl sites for hydroxylation is 2. The molecule has 0 saturated heterocycles. The van der Waals surface area contributed by atoms with Crippen LogP contribution in [0.3, 0.4) is 0 Å². The van der Waals surface area contributed by atoms with Gasteiger partial charge in [-0.15, -0.1) is 0 Å². The number of halogens is 1. The maximum absolute atomic E-state index is 5.63. The van der Waals surface area contributed by atoms with Gasteiger partial charge in [0.05, 0.1) is 10.7 Å². The molecular formula is C13H15BrN2O. The topological polar surface area (TPSA) is 51.2 Å². The normalized spacial score (nSPS) is 12.7. The van der Waals surface area contributed by atoms with Gasteiger partial charge in [0.25, 0.3) is 0 Å². The number of hydrogen-bond acceptors (Lipinski definition) is 3. The lowest BCUT2D eigenvalue weighted by Crippen LogP contribution is -2.28. The molecule has 2 rings (SSSR count). The summed E-state index contributed by atoms with van der Waals surface area (Å²) in [5.74, 6) is 6.42. The molecule has 3 nitrogen and oxygen atoms in total. The van der Waals surface area contributed by atoms with E-state index in [-0.39, 0.29) is 6.04 Å². The second-order valence-electron chi connectivity index (χ2n) is 4.15. The molecule has 0 saturated carbocycles. The van der Waals surface area contributed by atoms with Crippen molar-refractivity contribution in [3.8, 4) is 0 Å². The average Bonchev–Trinajstić information content (AvgIpc) is 2.65. The standard InChI is InChI=1S/C13H15BrN2O/c1-8-5-9(2)7-10(6-8)12(16-15)13-11(14)3-4-17-13/h3-7,12,16H,15H2,1-2H3. The Labute approximate surface area is 109 Å². The van der Waals surface area contributed by atoms with Gasteiger partial charge in [-0.05, 0) is 41.4 Å². The quantitative estimate of drug-likeness (QED) is 0.675. The van der Waals surface area contributed by atoms with Gasteiger partial charge in [-0.2, -0.15) is 0 Å². The van der Waals surface area contributed by atoms with Crippen LogP contribution in [0.2, 0.25) is 0 Å². The van der Waals surface area contributed by atoms with E-state index >= 15 is 0 Å². The van der Waals surface area contributed by atoms with Gasteiger partial charge in [0.15, 0.2) is 0 Å². The van der Waals surface area contributed by atoms with Gasteiger partial charge in [0.1, 0.15) is 11.8 Å². The molecule has 4 heteroatoms. The van der Waals surface area contributed by atoms with Crippen LogP contribution in [0.1, 0.15) is 28.5 Å². The number of nitrogens with two attached hydrogens (primary N) is 1. The zero-order chi connectivity index (χ0) is 12.4. The summed E-state index contributed by atoms with van der Waals surface area (Å²) in [6.07, 6.45) is 1.65. The second kappa shape index (κ2) is 5.04. The van der Waals surface area contributed by atoms with Gasteiger partial charge in [-0.3, -0.25) is 5.84 Å². The Hall–Kier alpha value is -1.10. The first-order chi connectivity index (χ1) is 8.11. The first kappa shape index (κ1) is 12.4. The maximum Gasteiger partial charge on any atom is 0.140 e. The summed E-state index contributed by atoms with van der Waals surface area (Å²) >= 11 is 3.45. The number of hydrogen-bond donors (Lipinski definition) is 2. The fourth-order valence-corrected chi connectivity index (χ4v) is 2.44. The van der Waals surface area contributed by atoms with Gasteiger partial charge >= 0.3 is 0 Å². The first-order valence-corrected chi connectivity index (χ1v) is 6.18. The molecule has 0 radical (unpaired) electrons. The molecule has 2 aromatic rings. The van der Waals surface area contributed by atoms with Gasteiger partial charge in [-0.25, -0.2) is 5.43 Å². The Bertz CT molecular complexity index is 502. The van der Waals surface area contributed by atoms with Crippen LogP contribution in [0.15, 0.2) is 39.4 Å². The molecule has 90 valence electrons. The third kappa shape index (κ3) is 2.60. The molecule has 0 aliphatic carbocycles. The zero-order valence-electron chi connectivity index (χ0n) is 9.83. The van der Waals surface area contributed by atoms with Gasteiger partial charge < -0.3 is 4.42 Å². The summed E-state index contributed by atoms with van der Waals surface area (Å²) in [4.78, 5) is 0. The molecule has 1 atom stereocenters. The number of furan rings is 1. The summed E-state index contributed by atoms with van der Waals surface area (Å²) < 4.78 is 6.38. The third-order valence-electron chi connectivity index (χ3n) is 2.65. The van der Waals surface area contributed by atoms with Crippen LogP contribution in [-0.2, 0) is 0 Å². The fraction of sp³-hybridized carbons (Fsp3) is 0.231. The zero-order valence-corrected chi connectivity index (χ0v) is 11.4. The van der Waals surface area contributed by atoms with Crippen LogP contribution in [0.25, 0.3) is 0 Å². The molecule has 0 aliphatic heterocycles. The van der Waals surface area contributed by atoms with Crippen LogP contribution < -0.4 is 11.3 Å². The van der Waals surface area contributed by atoms with E-state index < -0.39 is 0 Å². The van der Waals surface area contributed by atoms with E-state index in [2.05, 4.69) is 53.4 Å². The minimum Gasteiger partial charge on any atom is -0.466 e. The van der Waals surface area contributed by atoms with Gasteiger partial charge in [0.2, 0.25) is 0 Å². The monoisotopic (exact) mass is 294 g/mol. The van der Waals surface area contributed by atoms with E-state index in [0.717, 1.165) is 15.8 Å². The highest BCUT2D eigenvalue weighted by atomic mass is 79.9. The van der Waals surface area contributed by atoms with Crippen LogP contribution in [-0.4, -0.2) is 0 Å². The van der Waals surface area contributed by atoms with Crippen molar-refractivity contribution >= 4 is 15.9 Å². The van der Waals surface area contributed by atoms with E-state index in [9.17, 15) is 0 Å². The van der Waals surface area contributed by atoms with Crippen molar-refractivity contribution in [1.82, 2.24) is 5.43 Å². The molecule has 3 N–H and O–H groups in total. The van der Waals surface area contributed by atoms with Crippen LogP contribution in [0.5, 0.6) is 0 Å². The Morgan fingerprint density at radius 2 is 1.88 bits per heavy atom. The lowest BCUT2D eigenvalue weighted by molar-refractivity contribution is 0.449. The maximum atomic E-state index is 5.63. The van der Waals surface area contributed by atoms with Crippen molar-refractivity contribution in [1.29, 1.82) is 0 Å². The van der Waals surface area contributed by atoms with Crippen molar-refractivity contribution in [2.75, 3.05) is 0 Å². The summed E-state index contributed by atoms with van der Waals surface area (Å²) in [6.45, 7) is 4.14. The summed E-state index contributed by atoms with van der Waals surface area (Å²) in [7, 11) is 0.